The first-order valence-corrected chi connectivity index (χ1v) is 4.51. The quantitative estimate of drug-likeness (QED) is 0.615. The zero-order valence-electron chi connectivity index (χ0n) is 8.23. The summed E-state index contributed by atoms with van der Waals surface area (Å²) in [7, 11) is 1.51. The Labute approximate surface area is 82.7 Å². The van der Waals surface area contributed by atoms with Crippen molar-refractivity contribution >= 4 is 11.9 Å². The molecule has 0 spiro atoms. The van der Waals surface area contributed by atoms with Crippen LogP contribution in [0.5, 0.6) is 0 Å². The molecule has 0 aliphatic heterocycles. The second-order valence-electron chi connectivity index (χ2n) is 3.10. The molecule has 2 N–H and O–H groups in total. The van der Waals surface area contributed by atoms with E-state index in [2.05, 4.69) is 0 Å². The average Bonchev–Trinajstić information content (AvgIpc) is 2.09. The maximum absolute atomic E-state index is 10.7. The van der Waals surface area contributed by atoms with E-state index in [-0.39, 0.29) is 6.42 Å². The summed E-state index contributed by atoms with van der Waals surface area (Å²) in [4.78, 5) is 20.9. The van der Waals surface area contributed by atoms with Crippen molar-refractivity contribution in [3.05, 3.63) is 0 Å². The largest absolute Gasteiger partial charge is 0.481 e. The maximum Gasteiger partial charge on any atom is 0.306 e. The van der Waals surface area contributed by atoms with Gasteiger partial charge in [-0.05, 0) is 19.3 Å². The van der Waals surface area contributed by atoms with Crippen molar-refractivity contribution in [2.24, 2.45) is 5.92 Å². The zero-order chi connectivity index (χ0) is 11.0. The van der Waals surface area contributed by atoms with Crippen LogP contribution in [0.25, 0.3) is 0 Å². The summed E-state index contributed by atoms with van der Waals surface area (Å²) >= 11 is 0. The number of ether oxygens (including phenoxy) is 1. The van der Waals surface area contributed by atoms with Gasteiger partial charge in [0.2, 0.25) is 0 Å². The minimum Gasteiger partial charge on any atom is -0.481 e. The van der Waals surface area contributed by atoms with E-state index in [0.717, 1.165) is 0 Å². The molecule has 0 saturated carbocycles. The monoisotopic (exact) mass is 204 g/mol. The second kappa shape index (κ2) is 7.32. The summed E-state index contributed by atoms with van der Waals surface area (Å²) in [5, 5.41) is 17.1. The molecule has 0 saturated heterocycles. The van der Waals surface area contributed by atoms with Gasteiger partial charge < -0.3 is 14.9 Å². The lowest BCUT2D eigenvalue weighted by Gasteiger charge is -2.10. The molecule has 0 unspecified atom stereocenters. The van der Waals surface area contributed by atoms with Gasteiger partial charge in [0.15, 0.2) is 0 Å². The molecule has 0 aromatic heterocycles. The maximum atomic E-state index is 10.7. The number of carboxylic acids is 2. The summed E-state index contributed by atoms with van der Waals surface area (Å²) < 4.78 is 4.77. The zero-order valence-corrected chi connectivity index (χ0v) is 8.23. The van der Waals surface area contributed by atoms with Crippen molar-refractivity contribution in [1.82, 2.24) is 0 Å². The highest BCUT2D eigenvalue weighted by Gasteiger charge is 2.16. The van der Waals surface area contributed by atoms with Crippen LogP contribution < -0.4 is 0 Å². The summed E-state index contributed by atoms with van der Waals surface area (Å²) in [5.74, 6) is -2.26. The Bertz CT molecular complexity index is 190. The van der Waals surface area contributed by atoms with E-state index in [4.69, 9.17) is 14.9 Å². The van der Waals surface area contributed by atoms with Crippen LogP contribution in [-0.2, 0) is 14.3 Å². The molecule has 0 amide bonds. The molecule has 82 valence electrons. The Morgan fingerprint density at radius 3 is 2.36 bits per heavy atom. The molecule has 0 radical (unpaired) electrons. The third-order valence-corrected chi connectivity index (χ3v) is 1.96. The fourth-order valence-corrected chi connectivity index (χ4v) is 1.15. The van der Waals surface area contributed by atoms with Crippen LogP contribution in [0.15, 0.2) is 0 Å². The standard InChI is InChI=1S/C9H16O5/c1-14-6-5-7(9(12)13)3-2-4-8(10)11/h7H,2-6H2,1H3,(H,10,11)(H,12,13)/t7-/m0/s1. The van der Waals surface area contributed by atoms with Crippen LogP contribution >= 0.6 is 0 Å². The molecule has 0 aromatic rings. The third-order valence-electron chi connectivity index (χ3n) is 1.96. The predicted octanol–water partition coefficient (Wildman–Crippen LogP) is 0.979. The minimum atomic E-state index is -0.888. The lowest BCUT2D eigenvalue weighted by Crippen LogP contribution is -2.16. The van der Waals surface area contributed by atoms with Gasteiger partial charge in [-0.3, -0.25) is 9.59 Å². The predicted molar refractivity (Wildman–Crippen MR) is 49.1 cm³/mol. The number of carbonyl (C=O) groups is 2. The van der Waals surface area contributed by atoms with Gasteiger partial charge in [0.05, 0.1) is 5.92 Å². The smallest absolute Gasteiger partial charge is 0.306 e. The van der Waals surface area contributed by atoms with Crippen molar-refractivity contribution in [2.45, 2.75) is 25.7 Å². The van der Waals surface area contributed by atoms with Gasteiger partial charge >= 0.3 is 11.9 Å². The fourth-order valence-electron chi connectivity index (χ4n) is 1.15. The number of hydrogen-bond donors (Lipinski definition) is 2. The summed E-state index contributed by atoms with van der Waals surface area (Å²) in [6, 6.07) is 0. The van der Waals surface area contributed by atoms with Gasteiger partial charge in [-0.2, -0.15) is 0 Å². The van der Waals surface area contributed by atoms with E-state index < -0.39 is 17.9 Å². The van der Waals surface area contributed by atoms with Crippen LogP contribution in [0.4, 0.5) is 0 Å². The van der Waals surface area contributed by atoms with Gasteiger partial charge in [-0.15, -0.1) is 0 Å². The Morgan fingerprint density at radius 2 is 1.93 bits per heavy atom. The molecule has 0 aliphatic carbocycles. The first-order chi connectivity index (χ1) is 6.57. The molecular weight excluding hydrogens is 188 g/mol. The number of methoxy groups -OCH3 is 1. The van der Waals surface area contributed by atoms with Gasteiger partial charge in [-0.25, -0.2) is 0 Å². The van der Waals surface area contributed by atoms with Gasteiger partial charge in [0.1, 0.15) is 0 Å². The topological polar surface area (TPSA) is 83.8 Å². The first-order valence-electron chi connectivity index (χ1n) is 4.51. The Kier molecular flexibility index (Phi) is 6.74. The van der Waals surface area contributed by atoms with Crippen molar-refractivity contribution in [3.8, 4) is 0 Å². The molecule has 1 atom stereocenters. The molecule has 0 rings (SSSR count). The van der Waals surface area contributed by atoms with E-state index >= 15 is 0 Å². The summed E-state index contributed by atoms with van der Waals surface area (Å²) in [5.41, 5.74) is 0. The molecule has 0 fully saturated rings. The molecule has 0 heterocycles. The van der Waals surface area contributed by atoms with E-state index in [0.29, 0.717) is 25.9 Å². The van der Waals surface area contributed by atoms with Crippen LogP contribution in [0, 0.1) is 5.92 Å². The normalized spacial score (nSPS) is 12.4. The molecule has 14 heavy (non-hydrogen) atoms. The lowest BCUT2D eigenvalue weighted by atomic mass is 9.99. The van der Waals surface area contributed by atoms with Crippen LogP contribution in [0.3, 0.4) is 0 Å². The fraction of sp³-hybridized carbons (Fsp3) is 0.778. The Morgan fingerprint density at radius 1 is 1.29 bits per heavy atom. The SMILES string of the molecule is COCC[C@H](CCCC(=O)O)C(=O)O. The third kappa shape index (κ3) is 6.42. The van der Waals surface area contributed by atoms with Crippen LogP contribution in [0.2, 0.25) is 0 Å². The summed E-state index contributed by atoms with van der Waals surface area (Å²) in [6.07, 6.45) is 1.25. The van der Waals surface area contributed by atoms with Gasteiger partial charge in [-0.1, -0.05) is 0 Å². The molecular formula is C9H16O5. The molecule has 0 bridgehead atoms. The van der Waals surface area contributed by atoms with E-state index in [9.17, 15) is 9.59 Å². The minimum absolute atomic E-state index is 0.0246. The highest BCUT2D eigenvalue weighted by Crippen LogP contribution is 2.13. The number of hydrogen-bond acceptors (Lipinski definition) is 3. The van der Waals surface area contributed by atoms with Gasteiger partial charge in [0, 0.05) is 20.1 Å². The Hall–Kier alpha value is -1.10. The highest BCUT2D eigenvalue weighted by atomic mass is 16.5. The molecule has 0 aromatic carbocycles. The summed E-state index contributed by atoms with van der Waals surface area (Å²) in [6.45, 7) is 0.393. The van der Waals surface area contributed by atoms with Crippen LogP contribution in [0.1, 0.15) is 25.7 Å². The molecule has 5 nitrogen and oxygen atoms in total. The number of rotatable bonds is 8. The van der Waals surface area contributed by atoms with Gasteiger partial charge in [0.25, 0.3) is 0 Å². The van der Waals surface area contributed by atoms with Crippen molar-refractivity contribution < 1.29 is 24.5 Å². The van der Waals surface area contributed by atoms with Crippen molar-refractivity contribution in [2.75, 3.05) is 13.7 Å². The number of carboxylic acid groups (broad SMARTS) is 2. The Balaban J connectivity index is 3.73. The number of aliphatic carboxylic acids is 2. The van der Waals surface area contributed by atoms with E-state index in [1.165, 1.54) is 7.11 Å². The van der Waals surface area contributed by atoms with Crippen LogP contribution in [-0.4, -0.2) is 35.9 Å². The van der Waals surface area contributed by atoms with Crippen molar-refractivity contribution in [3.63, 3.8) is 0 Å². The first kappa shape index (κ1) is 12.9. The second-order valence-corrected chi connectivity index (χ2v) is 3.10. The highest BCUT2D eigenvalue weighted by molar-refractivity contribution is 5.70. The lowest BCUT2D eigenvalue weighted by molar-refractivity contribution is -0.143. The van der Waals surface area contributed by atoms with Crippen molar-refractivity contribution in [1.29, 1.82) is 0 Å². The van der Waals surface area contributed by atoms with E-state index in [1.807, 2.05) is 0 Å². The molecule has 0 aliphatic rings. The molecule has 5 heteroatoms. The average molecular weight is 204 g/mol. The van der Waals surface area contributed by atoms with E-state index in [1.54, 1.807) is 0 Å².